The lowest BCUT2D eigenvalue weighted by Gasteiger charge is -2.44. The molecule has 0 saturated carbocycles. The first-order valence-electron chi connectivity index (χ1n) is 12.3. The third-order valence-electron chi connectivity index (χ3n) is 7.02. The van der Waals surface area contributed by atoms with Crippen molar-refractivity contribution in [2.45, 2.75) is 37.6 Å². The number of ketones is 1. The first kappa shape index (κ1) is 27.3. The highest BCUT2D eigenvalue weighted by molar-refractivity contribution is 6.30. The van der Waals surface area contributed by atoms with Gasteiger partial charge in [0, 0.05) is 27.8 Å². The van der Waals surface area contributed by atoms with Crippen molar-refractivity contribution in [1.82, 2.24) is 4.90 Å². The van der Waals surface area contributed by atoms with E-state index in [0.717, 1.165) is 6.07 Å². The highest BCUT2D eigenvalue weighted by Crippen LogP contribution is 2.52. The quantitative estimate of drug-likeness (QED) is 0.332. The van der Waals surface area contributed by atoms with Crippen LogP contribution >= 0.6 is 23.2 Å². The Hall–Kier alpha value is -3.30. The number of hydrogen-bond acceptors (Lipinski definition) is 5. The number of rotatable bonds is 8. The lowest BCUT2D eigenvalue weighted by molar-refractivity contribution is -0.162. The lowest BCUT2D eigenvalue weighted by Crippen LogP contribution is -2.51. The molecule has 3 aromatic rings. The van der Waals surface area contributed by atoms with E-state index in [4.69, 9.17) is 32.7 Å². The third kappa shape index (κ3) is 4.94. The van der Waals surface area contributed by atoms with Gasteiger partial charge >= 0.3 is 5.97 Å². The SMILES string of the molecule is CC(=O)c1cc(F)c2c(c1)C(=O)N(C(CC(=O)O)c1ccc(Cl)cc1)[C@@]2(O[C@H]1CCOC1)c1ccc(Cl)cc1. The molecule has 3 atom stereocenters. The summed E-state index contributed by atoms with van der Waals surface area (Å²) in [6.45, 7) is 1.88. The molecule has 10 heteroatoms. The lowest BCUT2D eigenvalue weighted by atomic mass is 9.89. The maximum atomic E-state index is 16.2. The zero-order valence-corrected chi connectivity index (χ0v) is 22.3. The van der Waals surface area contributed by atoms with Crippen LogP contribution in [0.3, 0.4) is 0 Å². The van der Waals surface area contributed by atoms with Gasteiger partial charge in [-0.2, -0.15) is 0 Å². The van der Waals surface area contributed by atoms with E-state index in [1.54, 1.807) is 48.5 Å². The predicted octanol–water partition coefficient (Wildman–Crippen LogP) is 6.01. The standard InChI is InChI=1S/C29H24Cl2FNO6/c1-16(34)18-12-23-27(24(32)13-18)29(39-22-10-11-38-15-22,19-4-8-21(31)9-5-19)33(28(23)37)25(14-26(35)36)17-2-6-20(30)7-3-17/h2-9,12-13,22,25H,10-11,14-15H2,1H3,(H,35,36)/t22-,25?,29+/m0/s1. The number of hydrogen-bond donors (Lipinski definition) is 1. The second-order valence-corrected chi connectivity index (χ2v) is 10.4. The number of carbonyl (C=O) groups is 3. The molecule has 2 heterocycles. The third-order valence-corrected chi connectivity index (χ3v) is 7.52. The molecule has 3 aromatic carbocycles. The van der Waals surface area contributed by atoms with Crippen LogP contribution in [0, 0.1) is 5.82 Å². The van der Waals surface area contributed by atoms with E-state index in [9.17, 15) is 19.5 Å². The number of aliphatic carboxylic acids is 1. The fourth-order valence-corrected chi connectivity index (χ4v) is 5.53. The van der Waals surface area contributed by atoms with Crippen molar-refractivity contribution in [3.8, 4) is 0 Å². The van der Waals surface area contributed by atoms with E-state index in [-0.39, 0.29) is 23.3 Å². The van der Waals surface area contributed by atoms with E-state index in [2.05, 4.69) is 0 Å². The Bertz CT molecular complexity index is 1440. The average Bonchev–Trinajstić information content (AvgIpc) is 3.49. The van der Waals surface area contributed by atoms with Gasteiger partial charge in [-0.3, -0.25) is 19.3 Å². The molecule has 1 unspecified atom stereocenters. The van der Waals surface area contributed by atoms with Crippen molar-refractivity contribution in [2.75, 3.05) is 13.2 Å². The van der Waals surface area contributed by atoms with Crippen LogP contribution in [0.15, 0.2) is 60.7 Å². The number of ether oxygens (including phenoxy) is 2. The Morgan fingerprint density at radius 1 is 1.13 bits per heavy atom. The molecule has 1 N–H and O–H groups in total. The monoisotopic (exact) mass is 571 g/mol. The van der Waals surface area contributed by atoms with Crippen LogP contribution in [0.2, 0.25) is 10.0 Å². The van der Waals surface area contributed by atoms with Crippen LogP contribution < -0.4 is 0 Å². The highest BCUT2D eigenvalue weighted by Gasteiger charge is 2.58. The number of nitrogens with zero attached hydrogens (tertiary/aromatic N) is 1. The van der Waals surface area contributed by atoms with Gasteiger partial charge in [0.05, 0.1) is 36.3 Å². The number of amides is 1. The molecule has 39 heavy (non-hydrogen) atoms. The summed E-state index contributed by atoms with van der Waals surface area (Å²) < 4.78 is 28.4. The smallest absolute Gasteiger partial charge is 0.305 e. The average molecular weight is 572 g/mol. The minimum Gasteiger partial charge on any atom is -0.481 e. The summed E-state index contributed by atoms with van der Waals surface area (Å²) in [6.07, 6.45) is -0.572. The Balaban J connectivity index is 1.84. The zero-order chi connectivity index (χ0) is 27.9. The second kappa shape index (κ2) is 10.7. The van der Waals surface area contributed by atoms with Crippen molar-refractivity contribution < 1.29 is 33.4 Å². The summed E-state index contributed by atoms with van der Waals surface area (Å²) in [5.74, 6) is -3.11. The fourth-order valence-electron chi connectivity index (χ4n) is 5.28. The van der Waals surface area contributed by atoms with Crippen LogP contribution in [-0.4, -0.2) is 47.0 Å². The molecule has 7 nitrogen and oxygen atoms in total. The van der Waals surface area contributed by atoms with Crippen LogP contribution in [0.4, 0.5) is 4.39 Å². The van der Waals surface area contributed by atoms with Crippen molar-refractivity contribution in [3.63, 3.8) is 0 Å². The maximum Gasteiger partial charge on any atom is 0.305 e. The zero-order valence-electron chi connectivity index (χ0n) is 20.8. The number of halogens is 3. The van der Waals surface area contributed by atoms with Gasteiger partial charge in [0.25, 0.3) is 5.91 Å². The minimum absolute atomic E-state index is 0.0110. The van der Waals surface area contributed by atoms with Crippen LogP contribution in [0.1, 0.15) is 63.2 Å². The Kier molecular flexibility index (Phi) is 7.48. The maximum absolute atomic E-state index is 16.2. The number of carboxylic acids is 1. The van der Waals surface area contributed by atoms with E-state index >= 15 is 4.39 Å². The highest BCUT2D eigenvalue weighted by atomic mass is 35.5. The van der Waals surface area contributed by atoms with E-state index < -0.39 is 47.8 Å². The number of Topliss-reactive ketones (excluding diaryl/α,β-unsaturated/α-hetero) is 1. The van der Waals surface area contributed by atoms with Crippen LogP contribution in [0.25, 0.3) is 0 Å². The van der Waals surface area contributed by atoms with E-state index in [0.29, 0.717) is 34.2 Å². The minimum atomic E-state index is -1.89. The van der Waals surface area contributed by atoms with Gasteiger partial charge in [-0.1, -0.05) is 47.5 Å². The molecule has 0 spiro atoms. The first-order valence-corrected chi connectivity index (χ1v) is 13.0. The van der Waals surface area contributed by atoms with Gasteiger partial charge in [-0.15, -0.1) is 0 Å². The predicted molar refractivity (Wildman–Crippen MR) is 142 cm³/mol. The van der Waals surface area contributed by atoms with Gasteiger partial charge in [-0.25, -0.2) is 4.39 Å². The molecule has 1 fully saturated rings. The van der Waals surface area contributed by atoms with Crippen molar-refractivity contribution in [1.29, 1.82) is 0 Å². The van der Waals surface area contributed by atoms with Gasteiger partial charge in [0.15, 0.2) is 5.78 Å². The van der Waals surface area contributed by atoms with E-state index in [1.165, 1.54) is 17.9 Å². The number of fused-ring (bicyclic) bond motifs is 1. The number of carboxylic acid groups (broad SMARTS) is 1. The van der Waals surface area contributed by atoms with Crippen molar-refractivity contribution in [2.24, 2.45) is 0 Å². The summed E-state index contributed by atoms with van der Waals surface area (Å²) in [4.78, 5) is 40.0. The molecule has 2 aliphatic rings. The fraction of sp³-hybridized carbons (Fsp3) is 0.276. The first-order chi connectivity index (χ1) is 18.6. The normalized spacial score (nSPS) is 21.2. The molecule has 0 aliphatic carbocycles. The number of benzene rings is 3. The largest absolute Gasteiger partial charge is 0.481 e. The van der Waals surface area contributed by atoms with Gasteiger partial charge in [0.2, 0.25) is 5.72 Å². The summed E-state index contributed by atoms with van der Waals surface area (Å²) in [5, 5.41) is 10.8. The molecule has 0 radical (unpaired) electrons. The Morgan fingerprint density at radius 3 is 2.33 bits per heavy atom. The van der Waals surface area contributed by atoms with Gasteiger partial charge in [0.1, 0.15) is 5.82 Å². The second-order valence-electron chi connectivity index (χ2n) is 9.53. The van der Waals surface area contributed by atoms with Crippen LogP contribution in [-0.2, 0) is 20.0 Å². The van der Waals surface area contributed by atoms with Gasteiger partial charge in [-0.05, 0) is 55.3 Å². The molecule has 5 rings (SSSR count). The molecule has 202 valence electrons. The summed E-state index contributed by atoms with van der Waals surface area (Å²) in [5.41, 5.74) is -1.25. The van der Waals surface area contributed by atoms with Crippen molar-refractivity contribution >= 4 is 40.9 Å². The molecule has 1 amide bonds. The topological polar surface area (TPSA) is 93.1 Å². The molecular formula is C29H24Cl2FNO6. The van der Waals surface area contributed by atoms with Crippen molar-refractivity contribution in [3.05, 3.63) is 104 Å². The van der Waals surface area contributed by atoms with E-state index in [1.807, 2.05) is 0 Å². The summed E-state index contributed by atoms with van der Waals surface area (Å²) >= 11 is 12.3. The number of carbonyl (C=O) groups excluding carboxylic acids is 2. The molecule has 0 aromatic heterocycles. The molecular weight excluding hydrogens is 548 g/mol. The van der Waals surface area contributed by atoms with Gasteiger partial charge < -0.3 is 14.6 Å². The summed E-state index contributed by atoms with van der Waals surface area (Å²) in [6, 6.07) is 14.1. The Morgan fingerprint density at radius 2 is 1.77 bits per heavy atom. The summed E-state index contributed by atoms with van der Waals surface area (Å²) in [7, 11) is 0. The van der Waals surface area contributed by atoms with Crippen LogP contribution in [0.5, 0.6) is 0 Å². The molecule has 0 bridgehead atoms. The molecule has 1 saturated heterocycles. The Labute approximate surface area is 234 Å². The molecule has 2 aliphatic heterocycles.